The first-order valence-corrected chi connectivity index (χ1v) is 9.85. The van der Waals surface area contributed by atoms with Crippen LogP contribution in [0.3, 0.4) is 0 Å². The molecule has 164 valence electrons. The van der Waals surface area contributed by atoms with E-state index in [0.717, 1.165) is 38.8 Å². The first-order valence-electron chi connectivity index (χ1n) is 9.85. The number of alkyl halides is 3. The van der Waals surface area contributed by atoms with Gasteiger partial charge in [0.2, 0.25) is 11.8 Å². The number of hydrogen-bond acceptors (Lipinski definition) is 8. The Kier molecular flexibility index (Phi) is 6.03. The second-order valence-electron chi connectivity index (χ2n) is 7.07. The van der Waals surface area contributed by atoms with E-state index in [4.69, 9.17) is 4.74 Å². The average Bonchev–Trinajstić information content (AvgIpc) is 2.79. The largest absolute Gasteiger partial charge is 0.481 e. The number of fused-ring (bicyclic) bond motifs is 1. The van der Waals surface area contributed by atoms with E-state index in [1.165, 1.54) is 18.3 Å². The van der Waals surface area contributed by atoms with Gasteiger partial charge in [-0.25, -0.2) is 15.0 Å². The molecule has 0 radical (unpaired) electrons. The summed E-state index contributed by atoms with van der Waals surface area (Å²) in [7, 11) is 1.58. The van der Waals surface area contributed by atoms with E-state index in [1.807, 2.05) is 0 Å². The highest BCUT2D eigenvalue weighted by molar-refractivity contribution is 5.89. The number of piperazine rings is 1. The molecule has 0 atom stereocenters. The van der Waals surface area contributed by atoms with Gasteiger partial charge in [-0.2, -0.15) is 18.2 Å². The predicted molar refractivity (Wildman–Crippen MR) is 110 cm³/mol. The molecule has 1 fully saturated rings. The first kappa shape index (κ1) is 21.0. The highest BCUT2D eigenvalue weighted by Crippen LogP contribution is 2.30. The molecule has 0 saturated carbocycles. The Hall–Kier alpha value is -3.21. The normalized spacial score (nSPS) is 15.3. The lowest BCUT2D eigenvalue weighted by Gasteiger charge is -2.34. The Balaban J connectivity index is 1.31. The Morgan fingerprint density at radius 3 is 2.52 bits per heavy atom. The van der Waals surface area contributed by atoms with Crippen molar-refractivity contribution in [3.05, 3.63) is 42.4 Å². The van der Waals surface area contributed by atoms with E-state index < -0.39 is 11.9 Å². The van der Waals surface area contributed by atoms with Crippen LogP contribution in [0, 0.1) is 0 Å². The van der Waals surface area contributed by atoms with Crippen molar-refractivity contribution in [1.29, 1.82) is 0 Å². The molecule has 3 aromatic heterocycles. The second kappa shape index (κ2) is 8.88. The summed E-state index contributed by atoms with van der Waals surface area (Å²) < 4.78 is 43.8. The molecule has 1 aliphatic rings. The lowest BCUT2D eigenvalue weighted by molar-refractivity contribution is -0.140. The summed E-state index contributed by atoms with van der Waals surface area (Å²) in [5.74, 6) is 1.72. The molecule has 11 heteroatoms. The Bertz CT molecular complexity index is 1040. The summed E-state index contributed by atoms with van der Waals surface area (Å²) >= 11 is 0. The van der Waals surface area contributed by atoms with E-state index >= 15 is 0 Å². The fourth-order valence-electron chi connectivity index (χ4n) is 3.46. The Morgan fingerprint density at radius 2 is 1.77 bits per heavy atom. The lowest BCUT2D eigenvalue weighted by atomic mass is 10.2. The number of ether oxygens (including phenoxy) is 1. The highest BCUT2D eigenvalue weighted by Gasteiger charge is 2.32. The van der Waals surface area contributed by atoms with Crippen LogP contribution in [0.2, 0.25) is 0 Å². The van der Waals surface area contributed by atoms with Gasteiger partial charge in [-0.05, 0) is 18.2 Å². The van der Waals surface area contributed by atoms with Crippen LogP contribution in [-0.2, 0) is 6.18 Å². The van der Waals surface area contributed by atoms with Crippen LogP contribution in [0.5, 0.6) is 5.88 Å². The third kappa shape index (κ3) is 4.93. The van der Waals surface area contributed by atoms with E-state index in [-0.39, 0.29) is 5.52 Å². The van der Waals surface area contributed by atoms with Crippen LogP contribution in [0.15, 0.2) is 36.7 Å². The third-order valence-corrected chi connectivity index (χ3v) is 5.11. The Labute approximate surface area is 177 Å². The molecule has 0 aromatic carbocycles. The quantitative estimate of drug-likeness (QED) is 0.636. The molecular weight excluding hydrogens is 411 g/mol. The molecule has 8 nitrogen and oxygen atoms in total. The molecule has 1 aliphatic heterocycles. The summed E-state index contributed by atoms with van der Waals surface area (Å²) in [6.07, 6.45) is -1.32. The number of nitrogens with zero attached hydrogens (tertiary/aromatic N) is 6. The van der Waals surface area contributed by atoms with Gasteiger partial charge in [-0.3, -0.25) is 4.90 Å². The summed E-state index contributed by atoms with van der Waals surface area (Å²) in [5, 5.41) is 3.79. The highest BCUT2D eigenvalue weighted by atomic mass is 19.4. The summed E-state index contributed by atoms with van der Waals surface area (Å²) in [4.78, 5) is 21.1. The third-order valence-electron chi connectivity index (χ3n) is 5.11. The van der Waals surface area contributed by atoms with Gasteiger partial charge in [0.25, 0.3) is 0 Å². The standard InChI is InChI=1S/C20H22F3N7O/c1-31-17-5-7-26-19(28-17)30-12-10-29(11-13-30)9-8-25-18-14-2-3-16(20(21,22)23)27-15(14)4-6-24-18/h2-7H,8-13H2,1H3,(H,24,25). The molecule has 1 N–H and O–H groups in total. The van der Waals surface area contributed by atoms with Crippen molar-refractivity contribution in [2.45, 2.75) is 6.18 Å². The number of hydrogen-bond donors (Lipinski definition) is 1. The zero-order valence-electron chi connectivity index (χ0n) is 16.9. The van der Waals surface area contributed by atoms with Gasteiger partial charge in [0.15, 0.2) is 0 Å². The van der Waals surface area contributed by atoms with Crippen LogP contribution >= 0.6 is 0 Å². The average molecular weight is 433 g/mol. The van der Waals surface area contributed by atoms with Crippen molar-refractivity contribution in [2.24, 2.45) is 0 Å². The molecule has 0 unspecified atom stereocenters. The van der Waals surface area contributed by atoms with Crippen molar-refractivity contribution < 1.29 is 17.9 Å². The molecule has 31 heavy (non-hydrogen) atoms. The number of pyridine rings is 2. The molecule has 3 aromatic rings. The zero-order chi connectivity index (χ0) is 21.8. The van der Waals surface area contributed by atoms with Gasteiger partial charge in [0, 0.05) is 63.1 Å². The number of methoxy groups -OCH3 is 1. The maximum absolute atomic E-state index is 12.9. The van der Waals surface area contributed by atoms with Gasteiger partial charge in [0.1, 0.15) is 11.5 Å². The van der Waals surface area contributed by atoms with Gasteiger partial charge < -0.3 is 15.0 Å². The second-order valence-corrected chi connectivity index (χ2v) is 7.07. The molecule has 0 amide bonds. The molecule has 0 spiro atoms. The fourth-order valence-corrected chi connectivity index (χ4v) is 3.46. The van der Waals surface area contributed by atoms with E-state index in [0.29, 0.717) is 29.6 Å². The van der Waals surface area contributed by atoms with Crippen molar-refractivity contribution in [1.82, 2.24) is 24.8 Å². The van der Waals surface area contributed by atoms with Gasteiger partial charge >= 0.3 is 6.18 Å². The summed E-state index contributed by atoms with van der Waals surface area (Å²) in [5.41, 5.74) is -0.644. The lowest BCUT2D eigenvalue weighted by Crippen LogP contribution is -2.48. The first-order chi connectivity index (χ1) is 14.9. The number of aromatic nitrogens is 4. The number of nitrogens with one attached hydrogen (secondary N) is 1. The SMILES string of the molecule is COc1ccnc(N2CCN(CCNc3nccc4nc(C(F)(F)F)ccc34)CC2)n1. The molecular formula is C20H22F3N7O. The van der Waals surface area contributed by atoms with E-state index in [9.17, 15) is 13.2 Å². The van der Waals surface area contributed by atoms with E-state index in [2.05, 4.69) is 35.1 Å². The van der Waals surface area contributed by atoms with Gasteiger partial charge in [-0.15, -0.1) is 0 Å². The Morgan fingerprint density at radius 1 is 1.00 bits per heavy atom. The molecule has 4 heterocycles. The van der Waals surface area contributed by atoms with Gasteiger partial charge in [-0.1, -0.05) is 0 Å². The molecule has 0 bridgehead atoms. The van der Waals surface area contributed by atoms with Crippen LogP contribution in [0.4, 0.5) is 24.9 Å². The minimum Gasteiger partial charge on any atom is -0.481 e. The fraction of sp³-hybridized carbons (Fsp3) is 0.400. The monoisotopic (exact) mass is 433 g/mol. The van der Waals surface area contributed by atoms with Crippen LogP contribution in [0.25, 0.3) is 10.9 Å². The smallest absolute Gasteiger partial charge is 0.433 e. The van der Waals surface area contributed by atoms with Crippen molar-refractivity contribution in [3.8, 4) is 5.88 Å². The summed E-state index contributed by atoms with van der Waals surface area (Å²) in [6.45, 7) is 4.68. The van der Waals surface area contributed by atoms with Crippen LogP contribution in [-0.4, -0.2) is 71.2 Å². The number of anilines is 2. The van der Waals surface area contributed by atoms with Crippen LogP contribution in [0.1, 0.15) is 5.69 Å². The van der Waals surface area contributed by atoms with Gasteiger partial charge in [0.05, 0.1) is 12.6 Å². The maximum atomic E-state index is 12.9. The topological polar surface area (TPSA) is 79.3 Å². The minimum absolute atomic E-state index is 0.263. The number of halogens is 3. The van der Waals surface area contributed by atoms with Crippen molar-refractivity contribution >= 4 is 22.7 Å². The summed E-state index contributed by atoms with van der Waals surface area (Å²) in [6, 6.07) is 5.59. The van der Waals surface area contributed by atoms with Crippen molar-refractivity contribution in [2.75, 3.05) is 56.6 Å². The van der Waals surface area contributed by atoms with E-state index in [1.54, 1.807) is 19.4 Å². The molecule has 0 aliphatic carbocycles. The minimum atomic E-state index is -4.47. The predicted octanol–water partition coefficient (Wildman–Crippen LogP) is 2.68. The maximum Gasteiger partial charge on any atom is 0.433 e. The molecule has 1 saturated heterocycles. The van der Waals surface area contributed by atoms with Crippen LogP contribution < -0.4 is 15.0 Å². The number of rotatable bonds is 6. The van der Waals surface area contributed by atoms with Crippen molar-refractivity contribution in [3.63, 3.8) is 0 Å². The zero-order valence-corrected chi connectivity index (χ0v) is 16.9. The molecule has 4 rings (SSSR count).